The van der Waals surface area contributed by atoms with Crippen molar-refractivity contribution in [2.24, 2.45) is 0 Å². The summed E-state index contributed by atoms with van der Waals surface area (Å²) in [6.45, 7) is 3.84. The summed E-state index contributed by atoms with van der Waals surface area (Å²) in [6, 6.07) is -0.710. The Kier molecular flexibility index (Phi) is 33.7. The topological polar surface area (TPSA) is 149 Å². The second-order valence-electron chi connectivity index (χ2n) is 16.2. The highest BCUT2D eigenvalue weighted by molar-refractivity contribution is 5.76. The first-order valence-corrected chi connectivity index (χ1v) is 22.7. The molecule has 0 aromatic rings. The lowest BCUT2D eigenvalue weighted by Crippen LogP contribution is -2.60. The molecule has 9 heteroatoms. The van der Waals surface area contributed by atoms with E-state index in [1.54, 1.807) is 0 Å². The molecular formula is C44H87NO8. The highest BCUT2D eigenvalue weighted by Crippen LogP contribution is 2.23. The van der Waals surface area contributed by atoms with Crippen LogP contribution in [-0.2, 0) is 14.3 Å². The second kappa shape index (κ2) is 35.6. The summed E-state index contributed by atoms with van der Waals surface area (Å²) in [5, 5.41) is 54.3. The Bertz CT molecular complexity index is 801. The first-order chi connectivity index (χ1) is 25.8. The SMILES string of the molecule is CCCCCCCCCCCCCCCCCCC(=O)N[C@@H](CO[C@@H]1O[C@H](CO)[C@@H](O)C(O)C1O)[C@H](O)CCCCCCCCCCCCCCCC. The van der Waals surface area contributed by atoms with Crippen molar-refractivity contribution < 1.29 is 39.8 Å². The molecule has 1 saturated heterocycles. The van der Waals surface area contributed by atoms with Crippen LogP contribution in [0.2, 0.25) is 0 Å². The molecular weight excluding hydrogens is 670 g/mol. The molecule has 0 aromatic carbocycles. The van der Waals surface area contributed by atoms with Crippen molar-refractivity contribution in [3.8, 4) is 0 Å². The average Bonchev–Trinajstić information content (AvgIpc) is 3.16. The number of carbonyl (C=O) groups excluding carboxylic acids is 1. The van der Waals surface area contributed by atoms with Crippen LogP contribution in [0, 0.1) is 0 Å². The van der Waals surface area contributed by atoms with Crippen molar-refractivity contribution in [3.05, 3.63) is 0 Å². The van der Waals surface area contributed by atoms with Crippen LogP contribution in [0.15, 0.2) is 0 Å². The summed E-state index contributed by atoms with van der Waals surface area (Å²) < 4.78 is 11.2. The van der Waals surface area contributed by atoms with Gasteiger partial charge in [-0.15, -0.1) is 0 Å². The third kappa shape index (κ3) is 26.6. The predicted octanol–water partition coefficient (Wildman–Crippen LogP) is 9.17. The lowest BCUT2D eigenvalue weighted by atomic mass is 9.99. The summed E-state index contributed by atoms with van der Waals surface area (Å²) in [4.78, 5) is 13.0. The largest absolute Gasteiger partial charge is 0.394 e. The molecule has 7 atom stereocenters. The van der Waals surface area contributed by atoms with Gasteiger partial charge in [0.05, 0.1) is 25.4 Å². The van der Waals surface area contributed by atoms with E-state index < -0.39 is 49.5 Å². The Labute approximate surface area is 325 Å². The Morgan fingerprint density at radius 3 is 1.34 bits per heavy atom. The van der Waals surface area contributed by atoms with E-state index in [2.05, 4.69) is 19.2 Å². The molecule has 0 spiro atoms. The van der Waals surface area contributed by atoms with E-state index in [4.69, 9.17) is 9.47 Å². The Morgan fingerprint density at radius 2 is 0.943 bits per heavy atom. The minimum Gasteiger partial charge on any atom is -0.394 e. The van der Waals surface area contributed by atoms with Crippen LogP contribution >= 0.6 is 0 Å². The highest BCUT2D eigenvalue weighted by Gasteiger charge is 2.44. The van der Waals surface area contributed by atoms with Crippen LogP contribution < -0.4 is 5.32 Å². The maximum atomic E-state index is 13.0. The lowest BCUT2D eigenvalue weighted by Gasteiger charge is -2.40. The highest BCUT2D eigenvalue weighted by atomic mass is 16.7. The number of aliphatic hydroxyl groups is 5. The van der Waals surface area contributed by atoms with Gasteiger partial charge in [-0.2, -0.15) is 0 Å². The van der Waals surface area contributed by atoms with Gasteiger partial charge < -0.3 is 40.3 Å². The van der Waals surface area contributed by atoms with Crippen molar-refractivity contribution in [2.45, 2.75) is 262 Å². The zero-order valence-corrected chi connectivity index (χ0v) is 34.5. The van der Waals surface area contributed by atoms with E-state index >= 15 is 0 Å². The fraction of sp³-hybridized carbons (Fsp3) is 0.977. The maximum Gasteiger partial charge on any atom is 0.220 e. The summed E-state index contributed by atoms with van der Waals surface area (Å²) in [5.41, 5.74) is 0. The fourth-order valence-electron chi connectivity index (χ4n) is 7.51. The Hall–Kier alpha value is -0.810. The molecule has 9 nitrogen and oxygen atoms in total. The number of hydrogen-bond acceptors (Lipinski definition) is 8. The maximum absolute atomic E-state index is 13.0. The molecule has 316 valence electrons. The lowest BCUT2D eigenvalue weighted by molar-refractivity contribution is -0.302. The van der Waals surface area contributed by atoms with Gasteiger partial charge in [-0.1, -0.05) is 200 Å². The average molecular weight is 758 g/mol. The minimum atomic E-state index is -1.55. The summed E-state index contributed by atoms with van der Waals surface area (Å²) in [5.74, 6) is -0.141. The van der Waals surface area contributed by atoms with E-state index in [1.807, 2.05) is 0 Å². The molecule has 0 saturated carbocycles. The predicted molar refractivity (Wildman–Crippen MR) is 217 cm³/mol. The molecule has 1 rings (SSSR count). The summed E-state index contributed by atoms with van der Waals surface area (Å²) >= 11 is 0. The Morgan fingerprint density at radius 1 is 0.566 bits per heavy atom. The van der Waals surface area contributed by atoms with Gasteiger partial charge in [-0.25, -0.2) is 0 Å². The first-order valence-electron chi connectivity index (χ1n) is 22.7. The molecule has 0 bridgehead atoms. The quantitative estimate of drug-likeness (QED) is 0.0342. The molecule has 0 aromatic heterocycles. The van der Waals surface area contributed by atoms with Crippen LogP contribution in [0.3, 0.4) is 0 Å². The number of amides is 1. The zero-order valence-electron chi connectivity index (χ0n) is 34.5. The molecule has 1 aliphatic rings. The molecule has 53 heavy (non-hydrogen) atoms. The molecule has 6 N–H and O–H groups in total. The van der Waals surface area contributed by atoms with Gasteiger partial charge in [0.25, 0.3) is 0 Å². The van der Waals surface area contributed by atoms with Crippen molar-refractivity contribution in [2.75, 3.05) is 13.2 Å². The van der Waals surface area contributed by atoms with Gasteiger partial charge in [0, 0.05) is 6.42 Å². The Balaban J connectivity index is 2.32. The summed E-state index contributed by atoms with van der Waals surface area (Å²) in [6.07, 6.45) is 31.0. The smallest absolute Gasteiger partial charge is 0.220 e. The number of aliphatic hydroxyl groups excluding tert-OH is 5. The van der Waals surface area contributed by atoms with E-state index in [0.29, 0.717) is 12.8 Å². The second-order valence-corrected chi connectivity index (χ2v) is 16.2. The zero-order chi connectivity index (χ0) is 38.8. The minimum absolute atomic E-state index is 0.132. The number of nitrogens with one attached hydrogen (secondary N) is 1. The molecule has 0 aliphatic carbocycles. The molecule has 2 unspecified atom stereocenters. The van der Waals surface area contributed by atoms with Crippen LogP contribution in [0.4, 0.5) is 0 Å². The fourth-order valence-corrected chi connectivity index (χ4v) is 7.51. The summed E-state index contributed by atoms with van der Waals surface area (Å²) in [7, 11) is 0. The standard InChI is InChI=1S/C44H87NO8/c1-3-5-7-9-11-13-15-17-19-20-22-24-26-28-30-32-34-40(48)45-37(36-52-44-43(51)42(50)41(49)39(35-46)53-44)38(47)33-31-29-27-25-23-21-18-16-14-12-10-8-6-4-2/h37-39,41-44,46-47,49-51H,3-36H2,1-2H3,(H,45,48)/t37-,38+,39+,41+,42?,43?,44+/m0/s1. The normalized spacial score (nSPS) is 21.5. The number of unbranched alkanes of at least 4 members (excludes halogenated alkanes) is 28. The van der Waals surface area contributed by atoms with Gasteiger partial charge in [-0.3, -0.25) is 4.79 Å². The van der Waals surface area contributed by atoms with E-state index in [9.17, 15) is 30.3 Å². The van der Waals surface area contributed by atoms with Gasteiger partial charge in [-0.05, 0) is 12.8 Å². The van der Waals surface area contributed by atoms with Gasteiger partial charge in [0.2, 0.25) is 5.91 Å². The van der Waals surface area contributed by atoms with Gasteiger partial charge >= 0.3 is 0 Å². The van der Waals surface area contributed by atoms with Crippen LogP contribution in [0.5, 0.6) is 0 Å². The third-order valence-electron chi connectivity index (χ3n) is 11.2. The molecule has 1 heterocycles. The number of ether oxygens (including phenoxy) is 2. The molecule has 1 aliphatic heterocycles. The van der Waals surface area contributed by atoms with Gasteiger partial charge in [0.1, 0.15) is 24.4 Å². The first kappa shape index (κ1) is 50.2. The van der Waals surface area contributed by atoms with E-state index in [-0.39, 0.29) is 12.5 Å². The molecule has 1 fully saturated rings. The molecule has 1 amide bonds. The third-order valence-corrected chi connectivity index (χ3v) is 11.2. The van der Waals surface area contributed by atoms with Crippen molar-refractivity contribution >= 4 is 5.91 Å². The monoisotopic (exact) mass is 758 g/mol. The van der Waals surface area contributed by atoms with Crippen molar-refractivity contribution in [1.82, 2.24) is 5.32 Å². The van der Waals surface area contributed by atoms with Gasteiger partial charge in [0.15, 0.2) is 6.29 Å². The van der Waals surface area contributed by atoms with E-state index in [0.717, 1.165) is 38.5 Å². The van der Waals surface area contributed by atoms with Crippen LogP contribution in [0.25, 0.3) is 0 Å². The number of hydrogen-bond donors (Lipinski definition) is 6. The number of carbonyl (C=O) groups is 1. The van der Waals surface area contributed by atoms with Crippen LogP contribution in [-0.4, -0.2) is 87.5 Å². The number of rotatable bonds is 38. The van der Waals surface area contributed by atoms with Crippen LogP contribution in [0.1, 0.15) is 219 Å². The van der Waals surface area contributed by atoms with Crippen molar-refractivity contribution in [3.63, 3.8) is 0 Å². The molecule has 0 radical (unpaired) electrons. The van der Waals surface area contributed by atoms with Crippen molar-refractivity contribution in [1.29, 1.82) is 0 Å². The van der Waals surface area contributed by atoms with E-state index in [1.165, 1.54) is 154 Å².